The first kappa shape index (κ1) is 16.2. The zero-order valence-electron chi connectivity index (χ0n) is 14.2. The highest BCUT2D eigenvalue weighted by atomic mass is 15.3. The molecule has 0 spiro atoms. The van der Waals surface area contributed by atoms with Crippen LogP contribution < -0.4 is 16.0 Å². The van der Waals surface area contributed by atoms with E-state index >= 15 is 0 Å². The fraction of sp³-hybridized carbons (Fsp3) is 0.500. The zero-order chi connectivity index (χ0) is 16.8. The molecule has 0 amide bonds. The van der Waals surface area contributed by atoms with E-state index in [1.807, 2.05) is 7.05 Å². The van der Waals surface area contributed by atoms with Gasteiger partial charge in [-0.3, -0.25) is 9.67 Å². The third kappa shape index (κ3) is 3.81. The minimum atomic E-state index is 0.452. The van der Waals surface area contributed by atoms with Crippen molar-refractivity contribution in [3.8, 4) is 0 Å². The first-order valence-electron chi connectivity index (χ1n) is 8.34. The summed E-state index contributed by atoms with van der Waals surface area (Å²) in [5, 5.41) is 15.2. The quantitative estimate of drug-likeness (QED) is 0.318. The predicted octanol–water partition coefficient (Wildman–Crippen LogP) is 1.05. The number of aryl methyl sites for hydroxylation is 1. The van der Waals surface area contributed by atoms with Crippen molar-refractivity contribution in [1.82, 2.24) is 30.4 Å². The number of anilines is 1. The number of hydrogen-bond acceptors (Lipinski definition) is 5. The molecule has 3 N–H and O–H groups in total. The summed E-state index contributed by atoms with van der Waals surface area (Å²) in [7, 11) is 1.87. The van der Waals surface area contributed by atoms with Crippen LogP contribution in [0.4, 0.5) is 5.82 Å². The number of nitrogens with one attached hydrogen (secondary N) is 3. The lowest BCUT2D eigenvalue weighted by Gasteiger charge is -2.16. The van der Waals surface area contributed by atoms with E-state index in [9.17, 15) is 0 Å². The summed E-state index contributed by atoms with van der Waals surface area (Å²) < 4.78 is 1.74. The molecule has 8 nitrogen and oxygen atoms in total. The van der Waals surface area contributed by atoms with Crippen LogP contribution in [0.5, 0.6) is 0 Å². The molecule has 0 saturated carbocycles. The van der Waals surface area contributed by atoms with E-state index < -0.39 is 0 Å². The van der Waals surface area contributed by atoms with Crippen molar-refractivity contribution in [2.75, 3.05) is 25.0 Å². The number of hydrogen-bond donors (Lipinski definition) is 3. The largest absolute Gasteiger partial charge is 0.367 e. The van der Waals surface area contributed by atoms with Crippen LogP contribution in [0.3, 0.4) is 0 Å². The van der Waals surface area contributed by atoms with Crippen LogP contribution in [-0.2, 0) is 7.05 Å². The second-order valence-corrected chi connectivity index (χ2v) is 5.70. The lowest BCUT2D eigenvalue weighted by molar-refractivity contribution is 0.634. The van der Waals surface area contributed by atoms with Gasteiger partial charge in [-0.1, -0.05) is 12.2 Å². The van der Waals surface area contributed by atoms with Gasteiger partial charge in [-0.05, 0) is 19.8 Å². The van der Waals surface area contributed by atoms with Crippen molar-refractivity contribution in [3.63, 3.8) is 0 Å². The van der Waals surface area contributed by atoms with Crippen molar-refractivity contribution in [3.05, 3.63) is 24.7 Å². The van der Waals surface area contributed by atoms with Gasteiger partial charge in [0.05, 0.1) is 18.1 Å². The highest BCUT2D eigenvalue weighted by Gasteiger charge is 2.11. The molecular weight excluding hydrogens is 304 g/mol. The molecule has 3 rings (SSSR count). The van der Waals surface area contributed by atoms with E-state index in [-0.39, 0.29) is 0 Å². The van der Waals surface area contributed by atoms with Gasteiger partial charge in [0, 0.05) is 26.2 Å². The van der Waals surface area contributed by atoms with Crippen LogP contribution in [0.15, 0.2) is 29.7 Å². The Balaban J connectivity index is 1.55. The van der Waals surface area contributed by atoms with Crippen LogP contribution in [0.1, 0.15) is 19.8 Å². The molecule has 1 aliphatic carbocycles. The summed E-state index contributed by atoms with van der Waals surface area (Å²) in [6.07, 6.45) is 9.85. The van der Waals surface area contributed by atoms with Gasteiger partial charge in [0.2, 0.25) is 0 Å². The van der Waals surface area contributed by atoms with Crippen molar-refractivity contribution < 1.29 is 0 Å². The fourth-order valence-corrected chi connectivity index (χ4v) is 2.69. The molecule has 0 fully saturated rings. The number of nitrogens with zero attached hydrogens (tertiary/aromatic N) is 5. The fourth-order valence-electron chi connectivity index (χ4n) is 2.69. The Morgan fingerprint density at radius 3 is 2.96 bits per heavy atom. The van der Waals surface area contributed by atoms with Gasteiger partial charge in [-0.2, -0.15) is 5.10 Å². The summed E-state index contributed by atoms with van der Waals surface area (Å²) >= 11 is 0. The Hall–Kier alpha value is -2.64. The Labute approximate surface area is 141 Å². The molecule has 2 aromatic rings. The Morgan fingerprint density at radius 1 is 1.33 bits per heavy atom. The van der Waals surface area contributed by atoms with E-state index in [0.29, 0.717) is 19.1 Å². The Bertz CT molecular complexity index is 725. The van der Waals surface area contributed by atoms with Gasteiger partial charge < -0.3 is 16.0 Å². The smallest absolute Gasteiger partial charge is 0.191 e. The molecule has 2 heterocycles. The van der Waals surface area contributed by atoms with E-state index in [0.717, 1.165) is 42.2 Å². The summed E-state index contributed by atoms with van der Waals surface area (Å²) in [4.78, 5) is 13.1. The van der Waals surface area contributed by atoms with Crippen molar-refractivity contribution >= 4 is 22.8 Å². The van der Waals surface area contributed by atoms with Crippen LogP contribution in [0.25, 0.3) is 11.0 Å². The van der Waals surface area contributed by atoms with E-state index in [1.54, 1.807) is 17.2 Å². The van der Waals surface area contributed by atoms with Crippen molar-refractivity contribution in [2.24, 2.45) is 12.0 Å². The third-order valence-electron chi connectivity index (χ3n) is 3.90. The molecule has 24 heavy (non-hydrogen) atoms. The first-order valence-corrected chi connectivity index (χ1v) is 8.34. The van der Waals surface area contributed by atoms with Gasteiger partial charge in [-0.15, -0.1) is 0 Å². The summed E-state index contributed by atoms with van der Waals surface area (Å²) in [6.45, 7) is 4.27. The highest BCUT2D eigenvalue weighted by Crippen LogP contribution is 2.17. The maximum absolute atomic E-state index is 4.62. The molecule has 0 radical (unpaired) electrons. The minimum absolute atomic E-state index is 0.452. The molecule has 0 atom stereocenters. The van der Waals surface area contributed by atoms with Crippen LogP contribution in [-0.4, -0.2) is 51.4 Å². The maximum Gasteiger partial charge on any atom is 0.191 e. The summed E-state index contributed by atoms with van der Waals surface area (Å²) in [5.41, 5.74) is 0.819. The number of rotatable bonds is 6. The van der Waals surface area contributed by atoms with Crippen LogP contribution in [0, 0.1) is 0 Å². The Kier molecular flexibility index (Phi) is 5.25. The minimum Gasteiger partial charge on any atom is -0.367 e. The molecule has 0 saturated heterocycles. The SMILES string of the molecule is CCNC(=NCCNc1ncnc2c1cnn2C)NC1CC=CC1. The van der Waals surface area contributed by atoms with Crippen LogP contribution >= 0.6 is 0 Å². The molecule has 1 aliphatic rings. The van der Waals surface area contributed by atoms with Crippen molar-refractivity contribution in [2.45, 2.75) is 25.8 Å². The standard InChI is InChI=1S/C16H24N8/c1-3-17-16(23-12-6-4-5-7-12)19-9-8-18-14-13-10-22-24(2)15(13)21-11-20-14/h4-5,10-12H,3,6-9H2,1-2H3,(H2,17,19,23)(H,18,20,21). The monoisotopic (exact) mass is 328 g/mol. The molecule has 0 unspecified atom stereocenters. The molecule has 0 bridgehead atoms. The van der Waals surface area contributed by atoms with E-state index in [2.05, 4.69) is 55.1 Å². The molecule has 128 valence electrons. The van der Waals surface area contributed by atoms with Crippen LogP contribution in [0.2, 0.25) is 0 Å². The Morgan fingerprint density at radius 2 is 2.17 bits per heavy atom. The van der Waals surface area contributed by atoms with Gasteiger partial charge in [-0.25, -0.2) is 9.97 Å². The van der Waals surface area contributed by atoms with Gasteiger partial charge in [0.25, 0.3) is 0 Å². The average Bonchev–Trinajstić information content (AvgIpc) is 3.22. The topological polar surface area (TPSA) is 92.1 Å². The average molecular weight is 328 g/mol. The number of aromatic nitrogens is 4. The zero-order valence-corrected chi connectivity index (χ0v) is 14.2. The maximum atomic E-state index is 4.62. The third-order valence-corrected chi connectivity index (χ3v) is 3.90. The van der Waals surface area contributed by atoms with E-state index in [4.69, 9.17) is 0 Å². The predicted molar refractivity (Wildman–Crippen MR) is 96.1 cm³/mol. The molecule has 0 aliphatic heterocycles. The van der Waals surface area contributed by atoms with Crippen molar-refractivity contribution in [1.29, 1.82) is 0 Å². The normalized spacial score (nSPS) is 15.2. The second kappa shape index (κ2) is 7.76. The molecule has 2 aromatic heterocycles. The molecular formula is C16H24N8. The summed E-state index contributed by atoms with van der Waals surface area (Å²) in [5.74, 6) is 1.66. The van der Waals surface area contributed by atoms with E-state index in [1.165, 1.54) is 0 Å². The number of guanidine groups is 1. The first-order chi connectivity index (χ1) is 11.8. The number of fused-ring (bicyclic) bond motifs is 1. The lowest BCUT2D eigenvalue weighted by atomic mass is 10.2. The van der Waals surface area contributed by atoms with Gasteiger partial charge in [0.1, 0.15) is 12.1 Å². The molecule has 8 heteroatoms. The molecule has 0 aromatic carbocycles. The van der Waals surface area contributed by atoms with Gasteiger partial charge >= 0.3 is 0 Å². The summed E-state index contributed by atoms with van der Waals surface area (Å²) in [6, 6.07) is 0.452. The highest BCUT2D eigenvalue weighted by molar-refractivity contribution is 5.86. The lowest BCUT2D eigenvalue weighted by Crippen LogP contribution is -2.42. The van der Waals surface area contributed by atoms with Gasteiger partial charge in [0.15, 0.2) is 11.6 Å². The number of aliphatic imine (C=N–C) groups is 1. The second-order valence-electron chi connectivity index (χ2n) is 5.70.